The molecule has 0 aliphatic carbocycles. The summed E-state index contributed by atoms with van der Waals surface area (Å²) in [5.41, 5.74) is 7.00. The fourth-order valence-electron chi connectivity index (χ4n) is 1.68. The Labute approximate surface area is 113 Å². The molecule has 1 rings (SSSR count). The zero-order valence-corrected chi connectivity index (χ0v) is 12.0. The van der Waals surface area contributed by atoms with Crippen molar-refractivity contribution in [1.82, 2.24) is 9.97 Å². The number of hydrogen-bond acceptors (Lipinski definition) is 5. The molecule has 6 heteroatoms. The second kappa shape index (κ2) is 5.71. The quantitative estimate of drug-likeness (QED) is 0.732. The number of rotatable bonds is 4. The van der Waals surface area contributed by atoms with Crippen molar-refractivity contribution in [2.45, 2.75) is 40.2 Å². The van der Waals surface area contributed by atoms with E-state index in [0.29, 0.717) is 30.2 Å². The third-order valence-electron chi connectivity index (χ3n) is 2.46. The molecule has 0 radical (unpaired) electrons. The van der Waals surface area contributed by atoms with Gasteiger partial charge in [0.15, 0.2) is 5.82 Å². The van der Waals surface area contributed by atoms with Crippen molar-refractivity contribution >= 4 is 23.1 Å². The van der Waals surface area contributed by atoms with Crippen LogP contribution >= 0.6 is 11.6 Å². The summed E-state index contributed by atoms with van der Waals surface area (Å²) in [6, 6.07) is 0. The van der Waals surface area contributed by atoms with Crippen LogP contribution < -0.4 is 11.1 Å². The molecule has 0 spiro atoms. The normalized spacial score (nSPS) is 13.4. The highest BCUT2D eigenvalue weighted by atomic mass is 35.5. The highest BCUT2D eigenvalue weighted by Crippen LogP contribution is 2.23. The Morgan fingerprint density at radius 3 is 2.56 bits per heavy atom. The van der Waals surface area contributed by atoms with Crippen molar-refractivity contribution in [3.63, 3.8) is 0 Å². The lowest BCUT2D eigenvalue weighted by Gasteiger charge is -2.22. The van der Waals surface area contributed by atoms with Crippen LogP contribution in [0.1, 0.15) is 32.9 Å². The van der Waals surface area contributed by atoms with Crippen LogP contribution in [0.2, 0.25) is 5.28 Å². The molecule has 0 fully saturated rings. The number of halogens is 1. The Balaban J connectivity index is 2.64. The predicted octanol–water partition coefficient (Wildman–Crippen LogP) is 2.23. The maximum Gasteiger partial charge on any atom is 0.224 e. The lowest BCUT2D eigenvalue weighted by atomic mass is 9.89. The van der Waals surface area contributed by atoms with Gasteiger partial charge in [0, 0.05) is 6.54 Å². The molecule has 0 aromatic carbocycles. The van der Waals surface area contributed by atoms with Crippen molar-refractivity contribution in [3.8, 4) is 0 Å². The summed E-state index contributed by atoms with van der Waals surface area (Å²) < 4.78 is 0. The van der Waals surface area contributed by atoms with E-state index in [2.05, 4.69) is 36.1 Å². The van der Waals surface area contributed by atoms with Crippen molar-refractivity contribution in [2.24, 2.45) is 5.41 Å². The summed E-state index contributed by atoms with van der Waals surface area (Å²) in [5.74, 6) is 0.473. The first-order chi connectivity index (χ1) is 8.19. The fourth-order valence-corrected chi connectivity index (χ4v) is 1.89. The SMILES string of the molecule is Cc1nc(Cl)nc(NCC(O)CC(C)(C)C)c1N. The number of nitrogen functional groups attached to an aromatic ring is 1. The second-order valence-corrected chi connectivity index (χ2v) is 5.98. The molecule has 1 unspecified atom stereocenters. The van der Waals surface area contributed by atoms with E-state index in [4.69, 9.17) is 17.3 Å². The average Bonchev–Trinajstić information content (AvgIpc) is 2.18. The Hall–Kier alpha value is -1.07. The molecule has 0 saturated carbocycles. The third-order valence-corrected chi connectivity index (χ3v) is 2.63. The first-order valence-electron chi connectivity index (χ1n) is 5.90. The summed E-state index contributed by atoms with van der Waals surface area (Å²) >= 11 is 5.76. The van der Waals surface area contributed by atoms with E-state index in [9.17, 15) is 5.11 Å². The Kier molecular flexibility index (Phi) is 4.76. The lowest BCUT2D eigenvalue weighted by Crippen LogP contribution is -2.25. The van der Waals surface area contributed by atoms with Crippen molar-refractivity contribution in [2.75, 3.05) is 17.6 Å². The highest BCUT2D eigenvalue weighted by Gasteiger charge is 2.17. The van der Waals surface area contributed by atoms with Crippen molar-refractivity contribution in [3.05, 3.63) is 11.0 Å². The van der Waals surface area contributed by atoms with Gasteiger partial charge >= 0.3 is 0 Å². The topological polar surface area (TPSA) is 84.1 Å². The molecule has 0 aliphatic heterocycles. The van der Waals surface area contributed by atoms with Gasteiger partial charge in [0.1, 0.15) is 0 Å². The summed E-state index contributed by atoms with van der Waals surface area (Å²) in [7, 11) is 0. The molecule has 4 N–H and O–H groups in total. The molecule has 1 heterocycles. The summed E-state index contributed by atoms with van der Waals surface area (Å²) in [6.07, 6.45) is 0.232. The van der Waals surface area contributed by atoms with E-state index >= 15 is 0 Å². The van der Waals surface area contributed by atoms with Crippen molar-refractivity contribution in [1.29, 1.82) is 0 Å². The summed E-state index contributed by atoms with van der Waals surface area (Å²) in [4.78, 5) is 7.96. The minimum absolute atomic E-state index is 0.0753. The number of nitrogens with zero attached hydrogens (tertiary/aromatic N) is 2. The molecule has 1 aromatic heterocycles. The zero-order chi connectivity index (χ0) is 13.9. The van der Waals surface area contributed by atoms with Gasteiger partial charge in [-0.1, -0.05) is 20.8 Å². The van der Waals surface area contributed by atoms with Gasteiger partial charge in [0.2, 0.25) is 5.28 Å². The Bertz CT molecular complexity index is 417. The minimum Gasteiger partial charge on any atom is -0.394 e. The number of hydrogen-bond donors (Lipinski definition) is 3. The first-order valence-corrected chi connectivity index (χ1v) is 6.28. The smallest absolute Gasteiger partial charge is 0.224 e. The third kappa shape index (κ3) is 4.66. The van der Waals surface area contributed by atoms with Crippen LogP contribution in [0.3, 0.4) is 0 Å². The Morgan fingerprint density at radius 1 is 1.39 bits per heavy atom. The summed E-state index contributed by atoms with van der Waals surface area (Å²) in [6.45, 7) is 8.39. The number of anilines is 2. The average molecular weight is 273 g/mol. The molecular weight excluding hydrogens is 252 g/mol. The second-order valence-electron chi connectivity index (χ2n) is 5.64. The maximum atomic E-state index is 9.90. The van der Waals surface area contributed by atoms with Gasteiger partial charge in [0.05, 0.1) is 17.5 Å². The van der Waals surface area contributed by atoms with E-state index in [1.54, 1.807) is 6.92 Å². The van der Waals surface area contributed by atoms with Crippen LogP contribution in [0, 0.1) is 12.3 Å². The van der Waals surface area contributed by atoms with Gasteiger partial charge < -0.3 is 16.2 Å². The molecular formula is C12H21ClN4O. The number of nitrogens with two attached hydrogens (primary N) is 1. The lowest BCUT2D eigenvalue weighted by molar-refractivity contribution is 0.132. The largest absolute Gasteiger partial charge is 0.394 e. The Morgan fingerprint density at radius 2 is 2.00 bits per heavy atom. The number of aromatic nitrogens is 2. The number of aliphatic hydroxyl groups excluding tert-OH is 1. The van der Waals surface area contributed by atoms with Crippen LogP contribution in [0.15, 0.2) is 0 Å². The predicted molar refractivity (Wildman–Crippen MR) is 74.8 cm³/mol. The standard InChI is InChI=1S/C12H21ClN4O/c1-7-9(14)10(17-11(13)16-7)15-6-8(18)5-12(2,3)4/h8,18H,5-6,14H2,1-4H3,(H,15,16,17). The number of aliphatic hydroxyl groups is 1. The fraction of sp³-hybridized carbons (Fsp3) is 0.667. The van der Waals surface area contributed by atoms with Gasteiger partial charge in [-0.3, -0.25) is 0 Å². The van der Waals surface area contributed by atoms with Crippen LogP contribution in [-0.4, -0.2) is 27.7 Å². The van der Waals surface area contributed by atoms with E-state index in [-0.39, 0.29) is 10.7 Å². The molecule has 1 aromatic rings. The minimum atomic E-state index is -0.460. The van der Waals surface area contributed by atoms with Gasteiger partial charge in [0.25, 0.3) is 0 Å². The number of nitrogens with one attached hydrogen (secondary N) is 1. The van der Waals surface area contributed by atoms with Gasteiger partial charge in [-0.05, 0) is 30.4 Å². The van der Waals surface area contributed by atoms with Crippen LogP contribution in [0.5, 0.6) is 0 Å². The van der Waals surface area contributed by atoms with E-state index < -0.39 is 6.10 Å². The summed E-state index contributed by atoms with van der Waals surface area (Å²) in [5, 5.41) is 13.0. The van der Waals surface area contributed by atoms with Gasteiger partial charge in [-0.25, -0.2) is 4.98 Å². The molecule has 0 amide bonds. The molecule has 5 nitrogen and oxygen atoms in total. The zero-order valence-electron chi connectivity index (χ0n) is 11.3. The molecule has 18 heavy (non-hydrogen) atoms. The molecule has 1 atom stereocenters. The van der Waals surface area contributed by atoms with E-state index in [1.165, 1.54) is 0 Å². The molecule has 102 valence electrons. The maximum absolute atomic E-state index is 9.90. The number of aryl methyl sites for hydroxylation is 1. The van der Waals surface area contributed by atoms with Gasteiger partial charge in [-0.2, -0.15) is 4.98 Å². The monoisotopic (exact) mass is 272 g/mol. The van der Waals surface area contributed by atoms with Crippen LogP contribution in [0.25, 0.3) is 0 Å². The van der Waals surface area contributed by atoms with E-state index in [0.717, 1.165) is 0 Å². The molecule has 0 aliphatic rings. The molecule has 0 saturated heterocycles. The van der Waals surface area contributed by atoms with Gasteiger partial charge in [-0.15, -0.1) is 0 Å². The van der Waals surface area contributed by atoms with Crippen LogP contribution in [0.4, 0.5) is 11.5 Å². The molecule has 0 bridgehead atoms. The van der Waals surface area contributed by atoms with Crippen molar-refractivity contribution < 1.29 is 5.11 Å². The van der Waals surface area contributed by atoms with E-state index in [1.807, 2.05) is 0 Å². The highest BCUT2D eigenvalue weighted by molar-refractivity contribution is 6.28. The van der Waals surface area contributed by atoms with Crippen LogP contribution in [-0.2, 0) is 0 Å². The first kappa shape index (κ1) is 15.0.